The zero-order valence-corrected chi connectivity index (χ0v) is 25.3. The van der Waals surface area contributed by atoms with E-state index in [1.165, 1.54) is 4.90 Å². The summed E-state index contributed by atoms with van der Waals surface area (Å²) >= 11 is 0. The number of aryl methyl sites for hydroxylation is 1. The van der Waals surface area contributed by atoms with Crippen LogP contribution in [0.1, 0.15) is 61.6 Å². The lowest BCUT2D eigenvalue weighted by molar-refractivity contribution is -0.132. The number of nitrogens with zero attached hydrogens (tertiary/aromatic N) is 1. The molecule has 5 rings (SSSR count). The van der Waals surface area contributed by atoms with Crippen molar-refractivity contribution in [3.8, 4) is 11.5 Å². The van der Waals surface area contributed by atoms with Gasteiger partial charge in [0.15, 0.2) is 0 Å². The second kappa shape index (κ2) is 12.2. The lowest BCUT2D eigenvalue weighted by Gasteiger charge is -2.27. The van der Waals surface area contributed by atoms with Gasteiger partial charge < -0.3 is 14.6 Å². The molecule has 0 saturated carbocycles. The molecule has 6 nitrogen and oxygen atoms in total. The summed E-state index contributed by atoms with van der Waals surface area (Å²) in [5.74, 6) is -0.427. The molecular weight excluding hydrogens is 538 g/mol. The molecule has 1 amide bonds. The maximum Gasteiger partial charge on any atom is 0.300 e. The number of amides is 1. The molecule has 0 aromatic heterocycles. The fraction of sp³-hybridized carbons (Fsp3) is 0.243. The van der Waals surface area contributed by atoms with Gasteiger partial charge in [-0.15, -0.1) is 0 Å². The normalized spacial score (nSPS) is 16.4. The Balaban J connectivity index is 1.58. The number of ether oxygens (including phenoxy) is 2. The highest BCUT2D eigenvalue weighted by atomic mass is 16.5. The molecule has 4 aromatic carbocycles. The number of hydrogen-bond donors (Lipinski definition) is 1. The van der Waals surface area contributed by atoms with Crippen LogP contribution in [-0.2, 0) is 21.6 Å². The molecule has 0 radical (unpaired) electrons. The van der Waals surface area contributed by atoms with Crippen LogP contribution in [0.25, 0.3) is 5.76 Å². The number of rotatable bonds is 8. The van der Waals surface area contributed by atoms with Crippen molar-refractivity contribution in [2.24, 2.45) is 0 Å². The van der Waals surface area contributed by atoms with Crippen LogP contribution in [0.3, 0.4) is 0 Å². The highest BCUT2D eigenvalue weighted by molar-refractivity contribution is 6.51. The fourth-order valence-corrected chi connectivity index (χ4v) is 5.32. The SMILES string of the molecule is CCOc1cccc(N2C(=O)C(=O)/C(=C(/O)c3ccc(OCc4ccccc4)c(C)c3)C2c2ccc(C(C)(C)C)cc2)c1. The smallest absolute Gasteiger partial charge is 0.300 e. The largest absolute Gasteiger partial charge is 0.507 e. The van der Waals surface area contributed by atoms with Crippen LogP contribution in [0.5, 0.6) is 11.5 Å². The number of ketones is 1. The summed E-state index contributed by atoms with van der Waals surface area (Å²) in [7, 11) is 0. The molecule has 220 valence electrons. The Bertz CT molecular complexity index is 1670. The molecule has 1 unspecified atom stereocenters. The van der Waals surface area contributed by atoms with Gasteiger partial charge in [0.1, 0.15) is 23.9 Å². The summed E-state index contributed by atoms with van der Waals surface area (Å²) < 4.78 is 11.7. The van der Waals surface area contributed by atoms with E-state index in [-0.39, 0.29) is 16.7 Å². The summed E-state index contributed by atoms with van der Waals surface area (Å²) in [5, 5.41) is 11.7. The molecule has 0 spiro atoms. The van der Waals surface area contributed by atoms with Crippen molar-refractivity contribution in [2.45, 2.75) is 52.7 Å². The number of hydrogen-bond acceptors (Lipinski definition) is 5. The maximum atomic E-state index is 13.7. The topological polar surface area (TPSA) is 76.1 Å². The molecule has 1 aliphatic rings. The third-order valence-electron chi connectivity index (χ3n) is 7.63. The Morgan fingerprint density at radius 1 is 0.860 bits per heavy atom. The van der Waals surface area contributed by atoms with Gasteiger partial charge in [-0.1, -0.05) is 81.4 Å². The molecule has 1 atom stereocenters. The predicted molar refractivity (Wildman–Crippen MR) is 169 cm³/mol. The molecule has 1 heterocycles. The molecular formula is C37H37NO5. The minimum Gasteiger partial charge on any atom is -0.507 e. The van der Waals surface area contributed by atoms with Gasteiger partial charge in [-0.3, -0.25) is 14.5 Å². The summed E-state index contributed by atoms with van der Waals surface area (Å²) in [4.78, 5) is 28.8. The van der Waals surface area contributed by atoms with Crippen LogP contribution in [0.15, 0.2) is 103 Å². The number of aliphatic hydroxyl groups excluding tert-OH is 1. The Hall–Kier alpha value is -4.84. The third-order valence-corrected chi connectivity index (χ3v) is 7.63. The number of anilines is 1. The lowest BCUT2D eigenvalue weighted by atomic mass is 9.85. The van der Waals surface area contributed by atoms with Crippen LogP contribution in [0.4, 0.5) is 5.69 Å². The molecule has 1 fully saturated rings. The first-order valence-electron chi connectivity index (χ1n) is 14.5. The summed E-state index contributed by atoms with van der Waals surface area (Å²) in [6.07, 6.45) is 0. The summed E-state index contributed by atoms with van der Waals surface area (Å²) in [6.45, 7) is 11.0. The number of Topliss-reactive ketones (excluding diaryl/α,β-unsaturated/α-hetero) is 1. The second-order valence-electron chi connectivity index (χ2n) is 11.7. The van der Waals surface area contributed by atoms with Crippen molar-refractivity contribution in [3.63, 3.8) is 0 Å². The zero-order valence-electron chi connectivity index (χ0n) is 25.3. The highest BCUT2D eigenvalue weighted by Gasteiger charge is 2.47. The van der Waals surface area contributed by atoms with Crippen LogP contribution < -0.4 is 14.4 Å². The Labute approximate surface area is 253 Å². The molecule has 43 heavy (non-hydrogen) atoms. The van der Waals surface area contributed by atoms with Gasteiger partial charge in [0, 0.05) is 17.3 Å². The molecule has 1 saturated heterocycles. The minimum atomic E-state index is -0.833. The van der Waals surface area contributed by atoms with Crippen molar-refractivity contribution in [1.82, 2.24) is 0 Å². The number of carbonyl (C=O) groups excluding carboxylic acids is 2. The molecule has 1 N–H and O–H groups in total. The second-order valence-corrected chi connectivity index (χ2v) is 11.7. The standard InChI is InChI=1S/C37H37NO5/c1-6-42-30-14-10-13-29(22-30)38-33(26-15-18-28(19-16-26)37(3,4)5)32(35(40)36(38)41)34(39)27-17-20-31(24(2)21-27)43-23-25-11-8-7-9-12-25/h7-22,33,39H,6,23H2,1-5H3/b34-32+. The minimum absolute atomic E-state index is 0.0349. The van der Waals surface area contributed by atoms with E-state index in [0.717, 1.165) is 22.3 Å². The van der Waals surface area contributed by atoms with Gasteiger partial charge in [0.05, 0.1) is 18.2 Å². The zero-order chi connectivity index (χ0) is 30.7. The quantitative estimate of drug-likeness (QED) is 0.131. The van der Waals surface area contributed by atoms with E-state index >= 15 is 0 Å². The number of aliphatic hydroxyl groups is 1. The maximum absolute atomic E-state index is 13.7. The van der Waals surface area contributed by atoms with Crippen molar-refractivity contribution >= 4 is 23.1 Å². The van der Waals surface area contributed by atoms with Crippen LogP contribution >= 0.6 is 0 Å². The van der Waals surface area contributed by atoms with Gasteiger partial charge in [0.2, 0.25) is 0 Å². The van der Waals surface area contributed by atoms with Gasteiger partial charge in [-0.25, -0.2) is 0 Å². The van der Waals surface area contributed by atoms with Crippen LogP contribution in [0, 0.1) is 6.92 Å². The van der Waals surface area contributed by atoms with Crippen LogP contribution in [0.2, 0.25) is 0 Å². The molecule has 1 aliphatic heterocycles. The van der Waals surface area contributed by atoms with Gasteiger partial charge in [0.25, 0.3) is 11.7 Å². The number of carbonyl (C=O) groups is 2. The number of benzene rings is 4. The van der Waals surface area contributed by atoms with Crippen molar-refractivity contribution < 1.29 is 24.2 Å². The Morgan fingerprint density at radius 3 is 2.23 bits per heavy atom. The van der Waals surface area contributed by atoms with Gasteiger partial charge in [-0.2, -0.15) is 0 Å². The average Bonchev–Trinajstić information content (AvgIpc) is 3.26. The first-order chi connectivity index (χ1) is 20.6. The average molecular weight is 576 g/mol. The first kappa shape index (κ1) is 29.6. The molecule has 0 bridgehead atoms. The van der Waals surface area contributed by atoms with E-state index in [9.17, 15) is 14.7 Å². The predicted octanol–water partition coefficient (Wildman–Crippen LogP) is 7.90. The van der Waals surface area contributed by atoms with E-state index in [2.05, 4.69) is 20.8 Å². The first-order valence-corrected chi connectivity index (χ1v) is 14.5. The molecule has 6 heteroatoms. The summed E-state index contributed by atoms with van der Waals surface area (Å²) in [6, 6.07) is 29.3. The van der Waals surface area contributed by atoms with E-state index in [1.807, 2.05) is 68.4 Å². The monoisotopic (exact) mass is 575 g/mol. The molecule has 0 aliphatic carbocycles. The van der Waals surface area contributed by atoms with E-state index in [1.54, 1.807) is 42.5 Å². The third kappa shape index (κ3) is 6.19. The van der Waals surface area contributed by atoms with E-state index in [0.29, 0.717) is 36.0 Å². The lowest BCUT2D eigenvalue weighted by Crippen LogP contribution is -2.29. The Morgan fingerprint density at radius 2 is 1.58 bits per heavy atom. The van der Waals surface area contributed by atoms with Gasteiger partial charge >= 0.3 is 0 Å². The van der Waals surface area contributed by atoms with Crippen molar-refractivity contribution in [1.29, 1.82) is 0 Å². The van der Waals surface area contributed by atoms with E-state index < -0.39 is 17.7 Å². The summed E-state index contributed by atoms with van der Waals surface area (Å²) in [5.41, 5.74) is 4.58. The van der Waals surface area contributed by atoms with Gasteiger partial charge in [-0.05, 0) is 71.8 Å². The van der Waals surface area contributed by atoms with Crippen molar-refractivity contribution in [2.75, 3.05) is 11.5 Å². The Kier molecular flexibility index (Phi) is 8.40. The van der Waals surface area contributed by atoms with Crippen molar-refractivity contribution in [3.05, 3.63) is 130 Å². The fourth-order valence-electron chi connectivity index (χ4n) is 5.32. The molecule has 4 aromatic rings. The van der Waals surface area contributed by atoms with E-state index in [4.69, 9.17) is 9.47 Å². The van der Waals surface area contributed by atoms with Crippen LogP contribution in [-0.4, -0.2) is 23.4 Å². The highest BCUT2D eigenvalue weighted by Crippen LogP contribution is 2.43.